The lowest BCUT2D eigenvalue weighted by atomic mass is 10.1. The number of benzene rings is 3. The minimum absolute atomic E-state index is 0.00126. The molecule has 196 valence electrons. The molecule has 37 heavy (non-hydrogen) atoms. The van der Waals surface area contributed by atoms with Crippen molar-refractivity contribution in [2.75, 3.05) is 17.4 Å². The Bertz CT molecular complexity index is 1350. The molecule has 0 saturated heterocycles. The zero-order valence-corrected chi connectivity index (χ0v) is 22.4. The lowest BCUT2D eigenvalue weighted by molar-refractivity contribution is -0.139. The minimum Gasteiger partial charge on any atom is -0.355 e. The van der Waals surface area contributed by atoms with Gasteiger partial charge in [-0.1, -0.05) is 48.0 Å². The Balaban J connectivity index is 2.03. The van der Waals surface area contributed by atoms with Crippen molar-refractivity contribution in [2.45, 2.75) is 38.3 Å². The maximum absolute atomic E-state index is 13.7. The number of likely N-dealkylation sites (N-methyl/N-ethyl adjacent to an activating group) is 1. The van der Waals surface area contributed by atoms with Gasteiger partial charge in [0.2, 0.25) is 11.8 Å². The Hall–Kier alpha value is -3.43. The third kappa shape index (κ3) is 6.87. The Morgan fingerprint density at radius 1 is 1.03 bits per heavy atom. The van der Waals surface area contributed by atoms with Gasteiger partial charge >= 0.3 is 0 Å². The lowest BCUT2D eigenvalue weighted by Crippen LogP contribution is -2.51. The van der Waals surface area contributed by atoms with Crippen LogP contribution in [0.15, 0.2) is 77.7 Å². The monoisotopic (exact) mass is 545 g/mol. The van der Waals surface area contributed by atoms with Crippen molar-refractivity contribution in [2.24, 2.45) is 0 Å². The largest absolute Gasteiger partial charge is 0.355 e. The van der Waals surface area contributed by atoms with Gasteiger partial charge in [-0.25, -0.2) is 12.8 Å². The summed E-state index contributed by atoms with van der Waals surface area (Å²) in [5.41, 5.74) is 1.54. The number of hydrogen-bond acceptors (Lipinski definition) is 4. The number of carbonyl (C=O) groups is 2. The molecule has 0 aromatic heterocycles. The van der Waals surface area contributed by atoms with E-state index in [4.69, 9.17) is 11.6 Å². The van der Waals surface area contributed by atoms with Gasteiger partial charge in [-0.3, -0.25) is 13.9 Å². The fourth-order valence-corrected chi connectivity index (χ4v) is 5.28. The predicted octanol–water partition coefficient (Wildman–Crippen LogP) is 4.54. The Labute approximate surface area is 221 Å². The van der Waals surface area contributed by atoms with Crippen molar-refractivity contribution < 1.29 is 22.4 Å². The first-order valence-electron chi connectivity index (χ1n) is 11.7. The van der Waals surface area contributed by atoms with E-state index in [1.165, 1.54) is 47.4 Å². The molecule has 2 amide bonds. The van der Waals surface area contributed by atoms with Crippen molar-refractivity contribution in [3.63, 3.8) is 0 Å². The van der Waals surface area contributed by atoms with Crippen LogP contribution in [0.4, 0.5) is 10.1 Å². The summed E-state index contributed by atoms with van der Waals surface area (Å²) in [5.74, 6) is -1.44. The topological polar surface area (TPSA) is 86.8 Å². The first kappa shape index (κ1) is 28.1. The predicted molar refractivity (Wildman–Crippen MR) is 142 cm³/mol. The van der Waals surface area contributed by atoms with Crippen molar-refractivity contribution in [1.82, 2.24) is 10.2 Å². The number of rotatable bonds is 10. The average Bonchev–Trinajstić information content (AvgIpc) is 2.88. The molecule has 0 heterocycles. The maximum Gasteiger partial charge on any atom is 0.264 e. The molecule has 1 N–H and O–H groups in total. The SMILES string of the molecule is CCNC(=O)C(C)N(Cc1ccc(F)cc1)C(=O)CN(c1ccc(C)c(Cl)c1)S(=O)(=O)c1ccccc1. The van der Waals surface area contributed by atoms with Gasteiger partial charge in [0.05, 0.1) is 10.6 Å². The maximum atomic E-state index is 13.7. The second-order valence-corrected chi connectivity index (χ2v) is 10.7. The summed E-state index contributed by atoms with van der Waals surface area (Å²) in [4.78, 5) is 27.7. The number of nitrogens with one attached hydrogen (secondary N) is 1. The second-order valence-electron chi connectivity index (χ2n) is 8.48. The van der Waals surface area contributed by atoms with Crippen LogP contribution in [0.25, 0.3) is 0 Å². The van der Waals surface area contributed by atoms with Crippen LogP contribution in [0.1, 0.15) is 25.0 Å². The third-order valence-corrected chi connectivity index (χ3v) is 8.03. The fourth-order valence-electron chi connectivity index (χ4n) is 3.68. The molecule has 10 heteroatoms. The number of amides is 2. The van der Waals surface area contributed by atoms with Crippen molar-refractivity contribution in [1.29, 1.82) is 0 Å². The van der Waals surface area contributed by atoms with E-state index in [1.54, 1.807) is 51.1 Å². The van der Waals surface area contributed by atoms with Gasteiger partial charge in [-0.15, -0.1) is 0 Å². The zero-order chi connectivity index (χ0) is 27.2. The molecule has 0 aliphatic carbocycles. The second kappa shape index (κ2) is 12.2. The van der Waals surface area contributed by atoms with Gasteiger partial charge in [0.1, 0.15) is 18.4 Å². The molecule has 3 rings (SSSR count). The number of anilines is 1. The van der Waals surface area contributed by atoms with Crippen LogP contribution in [0.5, 0.6) is 0 Å². The highest BCUT2D eigenvalue weighted by Crippen LogP contribution is 2.28. The summed E-state index contributed by atoms with van der Waals surface area (Å²) >= 11 is 6.30. The van der Waals surface area contributed by atoms with Crippen LogP contribution < -0.4 is 9.62 Å². The van der Waals surface area contributed by atoms with E-state index in [1.807, 2.05) is 0 Å². The van der Waals surface area contributed by atoms with Crippen LogP contribution in [0.2, 0.25) is 5.02 Å². The molecule has 0 aliphatic heterocycles. The molecular weight excluding hydrogens is 517 g/mol. The summed E-state index contributed by atoms with van der Waals surface area (Å²) in [6, 6.07) is 17.1. The molecule has 0 radical (unpaired) electrons. The van der Waals surface area contributed by atoms with Crippen LogP contribution in [0, 0.1) is 12.7 Å². The van der Waals surface area contributed by atoms with E-state index in [0.717, 1.165) is 9.87 Å². The van der Waals surface area contributed by atoms with Crippen LogP contribution in [-0.4, -0.2) is 44.3 Å². The molecule has 1 unspecified atom stereocenters. The summed E-state index contributed by atoms with van der Waals surface area (Å²) in [5, 5.41) is 3.03. The van der Waals surface area contributed by atoms with E-state index in [2.05, 4.69) is 5.32 Å². The average molecular weight is 546 g/mol. The van der Waals surface area contributed by atoms with Crippen molar-refractivity contribution in [3.8, 4) is 0 Å². The number of aryl methyl sites for hydroxylation is 1. The van der Waals surface area contributed by atoms with Gasteiger partial charge in [0.15, 0.2) is 0 Å². The molecule has 0 fully saturated rings. The Kier molecular flexibility index (Phi) is 9.29. The highest BCUT2D eigenvalue weighted by molar-refractivity contribution is 7.92. The summed E-state index contributed by atoms with van der Waals surface area (Å²) in [6.45, 7) is 4.86. The number of hydrogen-bond donors (Lipinski definition) is 1. The minimum atomic E-state index is -4.17. The molecule has 3 aromatic rings. The fraction of sp³-hybridized carbons (Fsp3) is 0.259. The van der Waals surface area contributed by atoms with Gasteiger partial charge in [0, 0.05) is 18.1 Å². The molecule has 0 bridgehead atoms. The standard InChI is InChI=1S/C27H29ClFN3O4S/c1-4-30-27(34)20(3)31(17-21-11-13-22(29)14-12-21)26(33)18-32(23-15-10-19(2)25(28)16-23)37(35,36)24-8-6-5-7-9-24/h5-16,20H,4,17-18H2,1-3H3,(H,30,34). The first-order chi connectivity index (χ1) is 17.5. The third-order valence-electron chi connectivity index (χ3n) is 5.84. The van der Waals surface area contributed by atoms with Gasteiger partial charge in [-0.05, 0) is 68.3 Å². The molecule has 0 saturated carbocycles. The van der Waals surface area contributed by atoms with Gasteiger partial charge < -0.3 is 10.2 Å². The Morgan fingerprint density at radius 2 is 1.68 bits per heavy atom. The van der Waals surface area contributed by atoms with Crippen LogP contribution >= 0.6 is 11.6 Å². The summed E-state index contributed by atoms with van der Waals surface area (Å²) in [6.07, 6.45) is 0. The van der Waals surface area contributed by atoms with E-state index < -0.39 is 40.2 Å². The highest BCUT2D eigenvalue weighted by Gasteiger charge is 2.32. The van der Waals surface area contributed by atoms with Crippen molar-refractivity contribution in [3.05, 3.63) is 94.8 Å². The molecule has 1 atom stereocenters. The number of carbonyl (C=O) groups excluding carboxylic acids is 2. The number of halogens is 2. The van der Waals surface area contributed by atoms with Crippen LogP contribution in [0.3, 0.4) is 0 Å². The van der Waals surface area contributed by atoms with Crippen LogP contribution in [-0.2, 0) is 26.2 Å². The van der Waals surface area contributed by atoms with E-state index in [0.29, 0.717) is 17.1 Å². The summed E-state index contributed by atoms with van der Waals surface area (Å²) in [7, 11) is -4.17. The van der Waals surface area contributed by atoms with Gasteiger partial charge in [-0.2, -0.15) is 0 Å². The summed E-state index contributed by atoms with van der Waals surface area (Å²) < 4.78 is 41.8. The number of nitrogens with zero attached hydrogens (tertiary/aromatic N) is 2. The highest BCUT2D eigenvalue weighted by atomic mass is 35.5. The molecule has 3 aromatic carbocycles. The number of sulfonamides is 1. The first-order valence-corrected chi connectivity index (χ1v) is 13.5. The van der Waals surface area contributed by atoms with Crippen molar-refractivity contribution >= 4 is 39.1 Å². The van der Waals surface area contributed by atoms with E-state index in [9.17, 15) is 22.4 Å². The van der Waals surface area contributed by atoms with E-state index in [-0.39, 0.29) is 17.1 Å². The molecule has 0 spiro atoms. The zero-order valence-electron chi connectivity index (χ0n) is 20.8. The quantitative estimate of drug-likeness (QED) is 0.405. The lowest BCUT2D eigenvalue weighted by Gasteiger charge is -2.32. The normalized spacial score (nSPS) is 12.0. The molecule has 0 aliphatic rings. The smallest absolute Gasteiger partial charge is 0.264 e. The molecular formula is C27H29ClFN3O4S. The van der Waals surface area contributed by atoms with Gasteiger partial charge in [0.25, 0.3) is 10.0 Å². The van der Waals surface area contributed by atoms with E-state index >= 15 is 0 Å². The molecule has 7 nitrogen and oxygen atoms in total. The Morgan fingerprint density at radius 3 is 2.27 bits per heavy atom.